The zero-order valence-electron chi connectivity index (χ0n) is 17.9. The molecule has 2 atom stereocenters. The lowest BCUT2D eigenvalue weighted by Gasteiger charge is -2.27. The zero-order valence-corrected chi connectivity index (χ0v) is 18.7. The fraction of sp³-hybridized carbons (Fsp3) is 0.250. The molecule has 0 saturated carbocycles. The molecule has 0 radical (unpaired) electrons. The molecule has 0 spiro atoms. The molecule has 1 fully saturated rings. The van der Waals surface area contributed by atoms with Crippen molar-refractivity contribution in [3.8, 4) is 16.9 Å². The number of halogens is 3. The van der Waals surface area contributed by atoms with Gasteiger partial charge in [0.25, 0.3) is 0 Å². The molecule has 33 heavy (non-hydrogen) atoms. The number of aromatic nitrogens is 1. The van der Waals surface area contributed by atoms with Gasteiger partial charge in [0.15, 0.2) is 11.6 Å². The Morgan fingerprint density at radius 1 is 1.24 bits per heavy atom. The minimum atomic E-state index is -0.931. The highest BCUT2D eigenvalue weighted by Gasteiger charge is 2.37. The molecule has 6 nitrogen and oxygen atoms in total. The van der Waals surface area contributed by atoms with E-state index < -0.39 is 23.3 Å². The summed E-state index contributed by atoms with van der Waals surface area (Å²) in [6, 6.07) is 11.2. The summed E-state index contributed by atoms with van der Waals surface area (Å²) in [7, 11) is 0. The molecular formula is C24H23ClF2N4O2. The number of amides is 1. The van der Waals surface area contributed by atoms with E-state index in [4.69, 9.17) is 27.8 Å². The van der Waals surface area contributed by atoms with Crippen LogP contribution in [-0.2, 0) is 10.3 Å². The third-order valence-electron chi connectivity index (χ3n) is 5.93. The van der Waals surface area contributed by atoms with E-state index in [-0.39, 0.29) is 22.2 Å². The summed E-state index contributed by atoms with van der Waals surface area (Å²) in [4.78, 5) is 17.1. The van der Waals surface area contributed by atoms with Gasteiger partial charge in [-0.25, -0.2) is 13.8 Å². The minimum absolute atomic E-state index is 0.0893. The van der Waals surface area contributed by atoms with Crippen molar-refractivity contribution in [1.82, 2.24) is 9.88 Å². The number of rotatable bonds is 6. The lowest BCUT2D eigenvalue weighted by atomic mass is 9.84. The zero-order chi connectivity index (χ0) is 23.8. The van der Waals surface area contributed by atoms with Crippen LogP contribution in [0, 0.1) is 11.6 Å². The monoisotopic (exact) mass is 472 g/mol. The maximum atomic E-state index is 14.3. The first-order valence-corrected chi connectivity index (χ1v) is 10.7. The topological polar surface area (TPSA) is 94.5 Å². The Morgan fingerprint density at radius 2 is 1.97 bits per heavy atom. The molecule has 1 aliphatic rings. The van der Waals surface area contributed by atoms with Gasteiger partial charge in [0.05, 0.1) is 10.6 Å². The molecule has 2 aromatic carbocycles. The number of nitrogen functional groups attached to an aromatic ring is 1. The fourth-order valence-corrected chi connectivity index (χ4v) is 4.51. The quantitative estimate of drug-likeness (QED) is 0.409. The van der Waals surface area contributed by atoms with E-state index in [1.54, 1.807) is 24.1 Å². The van der Waals surface area contributed by atoms with Crippen LogP contribution in [0.3, 0.4) is 0 Å². The summed E-state index contributed by atoms with van der Waals surface area (Å²) in [5.74, 6) is -1.15. The molecule has 9 heteroatoms. The van der Waals surface area contributed by atoms with Crippen molar-refractivity contribution < 1.29 is 18.3 Å². The van der Waals surface area contributed by atoms with E-state index in [9.17, 15) is 13.6 Å². The van der Waals surface area contributed by atoms with Crippen LogP contribution in [0.1, 0.15) is 30.6 Å². The highest BCUT2D eigenvalue weighted by Crippen LogP contribution is 2.39. The molecular weight excluding hydrogens is 450 g/mol. The smallest absolute Gasteiger partial charge is 0.209 e. The third kappa shape index (κ3) is 4.36. The number of anilines is 1. The van der Waals surface area contributed by atoms with Gasteiger partial charge in [-0.05, 0) is 42.7 Å². The summed E-state index contributed by atoms with van der Waals surface area (Å²) in [5, 5.41) is -0.346. The SMILES string of the molecule is CC(Oc1cc(-c2ccccc2[C@]2(N)CCN(C=O)C2)cnc1N)c1c(F)ccc(F)c1Cl. The van der Waals surface area contributed by atoms with E-state index in [0.29, 0.717) is 25.1 Å². The molecule has 2 heterocycles. The van der Waals surface area contributed by atoms with Crippen molar-refractivity contribution in [1.29, 1.82) is 0 Å². The van der Waals surface area contributed by atoms with Crippen molar-refractivity contribution in [2.24, 2.45) is 5.73 Å². The molecule has 0 aliphatic carbocycles. The predicted molar refractivity (Wildman–Crippen MR) is 123 cm³/mol. The van der Waals surface area contributed by atoms with Gasteiger partial charge in [-0.15, -0.1) is 0 Å². The van der Waals surface area contributed by atoms with Crippen molar-refractivity contribution in [2.75, 3.05) is 18.8 Å². The minimum Gasteiger partial charge on any atom is -0.482 e. The van der Waals surface area contributed by atoms with Crippen molar-refractivity contribution in [2.45, 2.75) is 25.0 Å². The molecule has 4 rings (SSSR count). The Kier molecular flexibility index (Phi) is 6.23. The Labute approximate surface area is 195 Å². The first-order valence-electron chi connectivity index (χ1n) is 10.4. The van der Waals surface area contributed by atoms with Crippen molar-refractivity contribution in [3.05, 3.63) is 76.4 Å². The molecule has 172 valence electrons. The largest absolute Gasteiger partial charge is 0.482 e. The number of hydrogen-bond acceptors (Lipinski definition) is 5. The average Bonchev–Trinajstić information content (AvgIpc) is 3.20. The van der Waals surface area contributed by atoms with Crippen LogP contribution in [-0.4, -0.2) is 29.4 Å². The molecule has 3 aromatic rings. The second kappa shape index (κ2) is 8.96. The van der Waals surface area contributed by atoms with Crippen LogP contribution in [0.25, 0.3) is 11.1 Å². The molecule has 1 unspecified atom stereocenters. The van der Waals surface area contributed by atoms with Crippen LogP contribution in [0.15, 0.2) is 48.7 Å². The Morgan fingerprint density at radius 3 is 2.70 bits per heavy atom. The van der Waals surface area contributed by atoms with Gasteiger partial charge in [-0.1, -0.05) is 35.9 Å². The Balaban J connectivity index is 1.70. The number of carbonyl (C=O) groups excluding carboxylic acids is 1. The summed E-state index contributed by atoms with van der Waals surface area (Å²) in [6.07, 6.45) is 2.08. The molecule has 1 amide bonds. The number of benzene rings is 2. The van der Waals surface area contributed by atoms with E-state index >= 15 is 0 Å². The van der Waals surface area contributed by atoms with Gasteiger partial charge in [0.1, 0.15) is 17.7 Å². The third-order valence-corrected chi connectivity index (χ3v) is 6.31. The molecule has 1 aliphatic heterocycles. The lowest BCUT2D eigenvalue weighted by molar-refractivity contribution is -0.117. The molecule has 4 N–H and O–H groups in total. The summed E-state index contributed by atoms with van der Waals surface area (Å²) in [5.41, 5.74) is 14.2. The van der Waals surface area contributed by atoms with Crippen molar-refractivity contribution >= 4 is 23.8 Å². The standard InChI is InChI=1S/C24H23ClF2N4O2/c1-14(21-18(26)6-7-19(27)22(21)25)33-20-10-15(11-30-23(20)28)16-4-2-3-5-17(16)24(29)8-9-31(12-24)13-32/h2-7,10-11,13-14H,8-9,12,29H2,1H3,(H2,28,30)/t14?,24-/m0/s1. The number of ether oxygens (including phenoxy) is 1. The number of nitrogens with two attached hydrogens (primary N) is 2. The highest BCUT2D eigenvalue weighted by atomic mass is 35.5. The molecule has 0 bridgehead atoms. The fourth-order valence-electron chi connectivity index (χ4n) is 4.20. The summed E-state index contributed by atoms with van der Waals surface area (Å²) >= 11 is 5.97. The van der Waals surface area contributed by atoms with Crippen LogP contribution >= 0.6 is 11.6 Å². The highest BCUT2D eigenvalue weighted by molar-refractivity contribution is 6.31. The second-order valence-corrected chi connectivity index (χ2v) is 8.53. The lowest BCUT2D eigenvalue weighted by Crippen LogP contribution is -2.40. The number of pyridine rings is 1. The van der Waals surface area contributed by atoms with Gasteiger partial charge in [0.2, 0.25) is 6.41 Å². The van der Waals surface area contributed by atoms with E-state index in [2.05, 4.69) is 4.98 Å². The summed E-state index contributed by atoms with van der Waals surface area (Å²) in [6.45, 7) is 2.51. The molecule has 1 saturated heterocycles. The Hall–Kier alpha value is -3.23. The number of hydrogen-bond donors (Lipinski definition) is 2. The van der Waals surface area contributed by atoms with E-state index in [1.807, 2.05) is 24.3 Å². The van der Waals surface area contributed by atoms with Gasteiger partial charge in [-0.2, -0.15) is 0 Å². The van der Waals surface area contributed by atoms with Crippen LogP contribution in [0.4, 0.5) is 14.6 Å². The van der Waals surface area contributed by atoms with Gasteiger partial charge in [-0.3, -0.25) is 4.79 Å². The predicted octanol–water partition coefficient (Wildman–Crippen LogP) is 4.42. The first kappa shape index (κ1) is 22.9. The summed E-state index contributed by atoms with van der Waals surface area (Å²) < 4.78 is 34.1. The second-order valence-electron chi connectivity index (χ2n) is 8.15. The van der Waals surface area contributed by atoms with Crippen molar-refractivity contribution in [3.63, 3.8) is 0 Å². The average molecular weight is 473 g/mol. The Bertz CT molecular complexity index is 1210. The maximum absolute atomic E-state index is 14.3. The van der Waals surface area contributed by atoms with Crippen LogP contribution in [0.2, 0.25) is 5.02 Å². The first-order chi connectivity index (χ1) is 15.7. The van der Waals surface area contributed by atoms with Crippen LogP contribution < -0.4 is 16.2 Å². The van der Waals surface area contributed by atoms with E-state index in [1.165, 1.54) is 0 Å². The number of likely N-dealkylation sites (tertiary alicyclic amines) is 1. The maximum Gasteiger partial charge on any atom is 0.209 e. The molecule has 1 aromatic heterocycles. The van der Waals surface area contributed by atoms with Gasteiger partial charge in [0, 0.05) is 30.4 Å². The van der Waals surface area contributed by atoms with Crippen LogP contribution in [0.5, 0.6) is 5.75 Å². The number of nitrogens with zero attached hydrogens (tertiary/aromatic N) is 2. The number of carbonyl (C=O) groups is 1. The van der Waals surface area contributed by atoms with Gasteiger partial charge < -0.3 is 21.1 Å². The van der Waals surface area contributed by atoms with E-state index in [0.717, 1.165) is 29.7 Å². The van der Waals surface area contributed by atoms with Gasteiger partial charge >= 0.3 is 0 Å². The normalized spacial score (nSPS) is 18.9.